The Balaban J connectivity index is 1.69. The Morgan fingerprint density at radius 1 is 1.33 bits per heavy atom. The Bertz CT molecular complexity index is 578. The second-order valence-electron chi connectivity index (χ2n) is 6.46. The summed E-state index contributed by atoms with van der Waals surface area (Å²) in [5.41, 5.74) is 1.16. The van der Waals surface area contributed by atoms with Crippen molar-refractivity contribution < 1.29 is 14.3 Å². The van der Waals surface area contributed by atoms with Gasteiger partial charge in [0, 0.05) is 6.54 Å². The van der Waals surface area contributed by atoms with Crippen molar-refractivity contribution in [2.75, 3.05) is 25.5 Å². The van der Waals surface area contributed by atoms with Gasteiger partial charge in [0.25, 0.3) is 0 Å². The Labute approximate surface area is 148 Å². The van der Waals surface area contributed by atoms with Crippen molar-refractivity contribution in [2.45, 2.75) is 50.8 Å². The van der Waals surface area contributed by atoms with Gasteiger partial charge < -0.3 is 14.4 Å². The third-order valence-corrected chi connectivity index (χ3v) is 5.93. The molecule has 24 heavy (non-hydrogen) atoms. The van der Waals surface area contributed by atoms with Crippen LogP contribution in [-0.2, 0) is 4.79 Å². The van der Waals surface area contributed by atoms with Crippen LogP contribution in [0.4, 0.5) is 0 Å². The molecule has 4 nitrogen and oxygen atoms in total. The number of rotatable bonds is 6. The van der Waals surface area contributed by atoms with Gasteiger partial charge in [0.2, 0.25) is 5.91 Å². The van der Waals surface area contributed by atoms with Crippen LogP contribution in [0.1, 0.15) is 51.1 Å². The molecule has 0 bridgehead atoms. The van der Waals surface area contributed by atoms with Crippen LogP contribution in [0.3, 0.4) is 0 Å². The summed E-state index contributed by atoms with van der Waals surface area (Å²) in [5, 5.41) is 0.0364. The Morgan fingerprint density at radius 3 is 2.92 bits per heavy atom. The summed E-state index contributed by atoms with van der Waals surface area (Å²) in [5.74, 6) is 2.95. The van der Waals surface area contributed by atoms with Gasteiger partial charge >= 0.3 is 0 Å². The highest BCUT2D eigenvalue weighted by molar-refractivity contribution is 8.00. The van der Waals surface area contributed by atoms with Crippen molar-refractivity contribution in [1.29, 1.82) is 0 Å². The van der Waals surface area contributed by atoms with E-state index in [1.165, 1.54) is 12.8 Å². The summed E-state index contributed by atoms with van der Waals surface area (Å²) in [4.78, 5) is 14.9. The first-order chi connectivity index (χ1) is 11.7. The largest absolute Gasteiger partial charge is 0.486 e. The first-order valence-electron chi connectivity index (χ1n) is 9.02. The maximum atomic E-state index is 12.9. The first-order valence-corrected chi connectivity index (χ1v) is 10.1. The molecule has 0 N–H and O–H groups in total. The topological polar surface area (TPSA) is 38.8 Å². The van der Waals surface area contributed by atoms with Crippen LogP contribution in [0.5, 0.6) is 11.5 Å². The van der Waals surface area contributed by atoms with E-state index in [1.807, 2.05) is 13.0 Å². The van der Waals surface area contributed by atoms with Crippen LogP contribution in [0.25, 0.3) is 0 Å². The summed E-state index contributed by atoms with van der Waals surface area (Å²) in [7, 11) is 0. The van der Waals surface area contributed by atoms with E-state index in [0.717, 1.165) is 42.2 Å². The lowest BCUT2D eigenvalue weighted by molar-refractivity contribution is -0.131. The molecule has 1 amide bonds. The molecule has 0 radical (unpaired) electrons. The lowest BCUT2D eigenvalue weighted by atomic mass is 10.0. The van der Waals surface area contributed by atoms with E-state index < -0.39 is 0 Å². The molecule has 5 heteroatoms. The summed E-state index contributed by atoms with van der Waals surface area (Å²) >= 11 is 1.78. The fourth-order valence-electron chi connectivity index (χ4n) is 3.35. The van der Waals surface area contributed by atoms with Crippen LogP contribution in [-0.4, -0.2) is 41.6 Å². The van der Waals surface area contributed by atoms with Crippen LogP contribution in [0.15, 0.2) is 18.2 Å². The summed E-state index contributed by atoms with van der Waals surface area (Å²) in [6.07, 6.45) is 4.44. The molecule has 1 aromatic rings. The number of hydrogen-bond acceptors (Lipinski definition) is 4. The normalized spacial score (nSPS) is 20.9. The van der Waals surface area contributed by atoms with Crippen LogP contribution in [0.2, 0.25) is 0 Å². The predicted molar refractivity (Wildman–Crippen MR) is 97.9 cm³/mol. The molecule has 2 aliphatic rings. The van der Waals surface area contributed by atoms with Crippen molar-refractivity contribution in [3.8, 4) is 11.5 Å². The molecule has 3 rings (SSSR count). The molecule has 2 atom stereocenters. The molecule has 1 fully saturated rings. The van der Waals surface area contributed by atoms with Crippen molar-refractivity contribution in [3.05, 3.63) is 23.8 Å². The number of carbonyl (C=O) groups is 1. The van der Waals surface area contributed by atoms with Crippen molar-refractivity contribution >= 4 is 17.7 Å². The molecule has 0 spiro atoms. The second kappa shape index (κ2) is 8.15. The first kappa shape index (κ1) is 17.5. The summed E-state index contributed by atoms with van der Waals surface area (Å²) in [6, 6.07) is 6.28. The number of amides is 1. The summed E-state index contributed by atoms with van der Waals surface area (Å²) < 4.78 is 11.3. The van der Waals surface area contributed by atoms with Crippen LogP contribution >= 0.6 is 11.8 Å². The number of likely N-dealkylation sites (tertiary alicyclic amines) is 1. The molecular formula is C19H27NO3S. The fourth-order valence-corrected chi connectivity index (χ4v) is 4.44. The molecule has 1 aromatic carbocycles. The highest BCUT2D eigenvalue weighted by atomic mass is 32.2. The fraction of sp³-hybridized carbons (Fsp3) is 0.632. The predicted octanol–water partition coefficient (Wildman–Crippen LogP) is 4.04. The number of carbonyl (C=O) groups excluding carboxylic acids is 1. The zero-order valence-corrected chi connectivity index (χ0v) is 15.4. The molecule has 0 aliphatic carbocycles. The van der Waals surface area contributed by atoms with E-state index in [4.69, 9.17) is 9.47 Å². The van der Waals surface area contributed by atoms with Gasteiger partial charge in [0.15, 0.2) is 11.5 Å². The minimum Gasteiger partial charge on any atom is -0.486 e. The molecule has 2 aliphatic heterocycles. The second-order valence-corrected chi connectivity index (χ2v) is 7.91. The van der Waals surface area contributed by atoms with Crippen molar-refractivity contribution in [1.82, 2.24) is 4.90 Å². The van der Waals surface area contributed by atoms with Gasteiger partial charge in [-0.15, -0.1) is 11.8 Å². The minimum atomic E-state index is 0.0364. The molecule has 0 aromatic heterocycles. The molecule has 0 saturated carbocycles. The van der Waals surface area contributed by atoms with E-state index in [9.17, 15) is 4.79 Å². The Hall–Kier alpha value is -1.36. The van der Waals surface area contributed by atoms with Gasteiger partial charge in [0.05, 0.1) is 11.3 Å². The molecule has 2 unspecified atom stereocenters. The van der Waals surface area contributed by atoms with Crippen molar-refractivity contribution in [3.63, 3.8) is 0 Å². The van der Waals surface area contributed by atoms with Crippen LogP contribution in [0, 0.1) is 0 Å². The van der Waals surface area contributed by atoms with E-state index in [0.29, 0.717) is 13.2 Å². The zero-order chi connectivity index (χ0) is 16.9. The zero-order valence-electron chi connectivity index (χ0n) is 14.6. The Kier molecular flexibility index (Phi) is 5.93. The number of fused-ring (bicyclic) bond motifs is 1. The average Bonchev–Trinajstić information content (AvgIpc) is 3.10. The van der Waals surface area contributed by atoms with Gasteiger partial charge in [-0.1, -0.05) is 19.4 Å². The monoisotopic (exact) mass is 349 g/mol. The highest BCUT2D eigenvalue weighted by Crippen LogP contribution is 2.38. The smallest absolute Gasteiger partial charge is 0.235 e. The lowest BCUT2D eigenvalue weighted by Gasteiger charge is -2.28. The third-order valence-electron chi connectivity index (χ3n) is 4.70. The van der Waals surface area contributed by atoms with Crippen LogP contribution < -0.4 is 9.47 Å². The maximum absolute atomic E-state index is 12.9. The van der Waals surface area contributed by atoms with Gasteiger partial charge in [-0.25, -0.2) is 0 Å². The average molecular weight is 349 g/mol. The molecule has 2 heterocycles. The van der Waals surface area contributed by atoms with E-state index in [1.54, 1.807) is 11.8 Å². The number of hydrogen-bond donors (Lipinski definition) is 0. The number of nitrogens with zero attached hydrogens (tertiary/aromatic N) is 1. The SMILES string of the molecule is CCCCSC(C)C(=O)N1CCCC1c1ccc2c(c1)OCCO2. The summed E-state index contributed by atoms with van der Waals surface area (Å²) in [6.45, 7) is 6.28. The minimum absolute atomic E-state index is 0.0364. The van der Waals surface area contributed by atoms with E-state index >= 15 is 0 Å². The van der Waals surface area contributed by atoms with Gasteiger partial charge in [-0.05, 0) is 49.6 Å². The van der Waals surface area contributed by atoms with Crippen molar-refractivity contribution in [2.24, 2.45) is 0 Å². The molecule has 1 saturated heterocycles. The van der Waals surface area contributed by atoms with E-state index in [2.05, 4.69) is 24.0 Å². The van der Waals surface area contributed by atoms with Gasteiger partial charge in [0.1, 0.15) is 13.2 Å². The maximum Gasteiger partial charge on any atom is 0.235 e. The molecular weight excluding hydrogens is 322 g/mol. The number of benzene rings is 1. The quantitative estimate of drug-likeness (QED) is 0.727. The number of ether oxygens (including phenoxy) is 2. The standard InChI is InChI=1S/C19H27NO3S/c1-3-4-12-24-14(2)19(21)20-9-5-6-16(20)15-7-8-17-18(13-15)23-11-10-22-17/h7-8,13-14,16H,3-6,9-12H2,1-2H3. The highest BCUT2D eigenvalue weighted by Gasteiger charge is 2.33. The third kappa shape index (κ3) is 3.82. The van der Waals surface area contributed by atoms with Gasteiger partial charge in [-0.3, -0.25) is 4.79 Å². The molecule has 132 valence electrons. The number of thioether (sulfide) groups is 1. The number of unbranched alkanes of at least 4 members (excludes halogenated alkanes) is 1. The lowest BCUT2D eigenvalue weighted by Crippen LogP contribution is -2.36. The Morgan fingerprint density at radius 2 is 2.12 bits per heavy atom. The van der Waals surface area contributed by atoms with Gasteiger partial charge in [-0.2, -0.15) is 0 Å². The van der Waals surface area contributed by atoms with E-state index in [-0.39, 0.29) is 17.2 Å².